The third-order valence-electron chi connectivity index (χ3n) is 5.22. The highest BCUT2D eigenvalue weighted by molar-refractivity contribution is 5.98. The number of hydrogen-bond acceptors (Lipinski definition) is 2. The van der Waals surface area contributed by atoms with Crippen molar-refractivity contribution in [1.82, 2.24) is 10.2 Å². The molecule has 4 nitrogen and oxygen atoms in total. The molecule has 0 radical (unpaired) electrons. The van der Waals surface area contributed by atoms with Gasteiger partial charge in [-0.3, -0.25) is 9.59 Å². The fourth-order valence-electron chi connectivity index (χ4n) is 3.74. The maximum Gasteiger partial charge on any atom is 0.254 e. The SMILES string of the molecule is O=C(NCc1ccccc1F)[C@H]1c2ccccc2CCN1C(=O)c1ccccc1. The Morgan fingerprint density at radius 1 is 0.931 bits per heavy atom. The minimum atomic E-state index is -0.751. The molecule has 0 unspecified atom stereocenters. The molecule has 0 saturated carbocycles. The molecule has 29 heavy (non-hydrogen) atoms. The Bertz CT molecular complexity index is 1040. The molecule has 1 aliphatic heterocycles. The number of nitrogens with zero attached hydrogens (tertiary/aromatic N) is 1. The molecule has 1 aliphatic rings. The zero-order valence-electron chi connectivity index (χ0n) is 15.8. The molecular weight excluding hydrogens is 367 g/mol. The van der Waals surface area contributed by atoms with E-state index in [1.807, 2.05) is 30.3 Å². The summed E-state index contributed by atoms with van der Waals surface area (Å²) in [5.74, 6) is -0.870. The molecule has 3 aromatic carbocycles. The highest BCUT2D eigenvalue weighted by atomic mass is 19.1. The van der Waals surface area contributed by atoms with Crippen LogP contribution in [0.4, 0.5) is 4.39 Å². The average Bonchev–Trinajstić information content (AvgIpc) is 2.77. The lowest BCUT2D eigenvalue weighted by Gasteiger charge is -2.36. The van der Waals surface area contributed by atoms with Gasteiger partial charge in [-0.15, -0.1) is 0 Å². The van der Waals surface area contributed by atoms with E-state index in [4.69, 9.17) is 0 Å². The number of hydrogen-bond donors (Lipinski definition) is 1. The van der Waals surface area contributed by atoms with Gasteiger partial charge in [-0.1, -0.05) is 60.7 Å². The van der Waals surface area contributed by atoms with Crippen molar-refractivity contribution in [2.45, 2.75) is 19.0 Å². The molecule has 1 N–H and O–H groups in total. The quantitative estimate of drug-likeness (QED) is 0.737. The first kappa shape index (κ1) is 18.9. The summed E-state index contributed by atoms with van der Waals surface area (Å²) in [6.07, 6.45) is 0.686. The van der Waals surface area contributed by atoms with E-state index in [0.717, 1.165) is 11.1 Å². The number of rotatable bonds is 4. The molecule has 3 aromatic rings. The van der Waals surface area contributed by atoms with Crippen molar-refractivity contribution in [2.75, 3.05) is 6.54 Å². The van der Waals surface area contributed by atoms with Gasteiger partial charge in [0.2, 0.25) is 5.91 Å². The van der Waals surface area contributed by atoms with E-state index in [9.17, 15) is 14.0 Å². The zero-order valence-corrected chi connectivity index (χ0v) is 15.8. The molecular formula is C24H21FN2O2. The summed E-state index contributed by atoms with van der Waals surface area (Å²) in [7, 11) is 0. The first-order chi connectivity index (χ1) is 14.1. The number of carbonyl (C=O) groups excluding carboxylic acids is 2. The number of benzene rings is 3. The second kappa shape index (κ2) is 8.27. The van der Waals surface area contributed by atoms with Crippen LogP contribution in [-0.2, 0) is 17.8 Å². The number of nitrogens with one attached hydrogen (secondary N) is 1. The molecule has 0 aromatic heterocycles. The minimum Gasteiger partial charge on any atom is -0.350 e. The van der Waals surface area contributed by atoms with Gasteiger partial charge in [0.1, 0.15) is 11.9 Å². The highest BCUT2D eigenvalue weighted by Gasteiger charge is 2.36. The number of fused-ring (bicyclic) bond motifs is 1. The molecule has 1 atom stereocenters. The van der Waals surface area contributed by atoms with E-state index < -0.39 is 6.04 Å². The Morgan fingerprint density at radius 2 is 1.62 bits per heavy atom. The van der Waals surface area contributed by atoms with Crippen LogP contribution < -0.4 is 5.32 Å². The van der Waals surface area contributed by atoms with Crippen LogP contribution in [0.2, 0.25) is 0 Å². The fraction of sp³-hybridized carbons (Fsp3) is 0.167. The molecule has 0 saturated heterocycles. The largest absolute Gasteiger partial charge is 0.350 e. The molecule has 0 spiro atoms. The monoisotopic (exact) mass is 388 g/mol. The van der Waals surface area contributed by atoms with Crippen molar-refractivity contribution in [3.8, 4) is 0 Å². The maximum atomic E-state index is 13.9. The van der Waals surface area contributed by atoms with E-state index >= 15 is 0 Å². The van der Waals surface area contributed by atoms with Crippen molar-refractivity contribution in [3.63, 3.8) is 0 Å². The van der Waals surface area contributed by atoms with Crippen molar-refractivity contribution >= 4 is 11.8 Å². The Balaban J connectivity index is 1.63. The van der Waals surface area contributed by atoms with Crippen molar-refractivity contribution in [2.24, 2.45) is 0 Å². The lowest BCUT2D eigenvalue weighted by atomic mass is 9.91. The van der Waals surface area contributed by atoms with Crippen LogP contribution in [0.1, 0.15) is 33.1 Å². The van der Waals surface area contributed by atoms with Crippen LogP contribution in [0.5, 0.6) is 0 Å². The van der Waals surface area contributed by atoms with Gasteiger partial charge < -0.3 is 10.2 Å². The third kappa shape index (κ3) is 3.90. The molecule has 1 heterocycles. The summed E-state index contributed by atoms with van der Waals surface area (Å²) >= 11 is 0. The van der Waals surface area contributed by atoms with Crippen LogP contribution in [0.15, 0.2) is 78.9 Å². The molecule has 0 fully saturated rings. The highest BCUT2D eigenvalue weighted by Crippen LogP contribution is 2.31. The van der Waals surface area contributed by atoms with Crippen LogP contribution >= 0.6 is 0 Å². The van der Waals surface area contributed by atoms with Crippen LogP contribution in [-0.4, -0.2) is 23.3 Å². The van der Waals surface area contributed by atoms with Gasteiger partial charge in [0.05, 0.1) is 0 Å². The molecule has 0 aliphatic carbocycles. The van der Waals surface area contributed by atoms with Crippen molar-refractivity contribution in [1.29, 1.82) is 0 Å². The van der Waals surface area contributed by atoms with E-state index in [2.05, 4.69) is 5.32 Å². The lowest BCUT2D eigenvalue weighted by molar-refractivity contribution is -0.126. The minimum absolute atomic E-state index is 0.0670. The van der Waals surface area contributed by atoms with Gasteiger partial charge in [0, 0.05) is 24.2 Å². The molecule has 5 heteroatoms. The summed E-state index contributed by atoms with van der Waals surface area (Å²) < 4.78 is 13.9. The first-order valence-corrected chi connectivity index (χ1v) is 9.60. The first-order valence-electron chi connectivity index (χ1n) is 9.60. The normalized spacial score (nSPS) is 15.5. The number of carbonyl (C=O) groups is 2. The van der Waals surface area contributed by atoms with Gasteiger partial charge >= 0.3 is 0 Å². The second-order valence-electron chi connectivity index (χ2n) is 7.03. The predicted molar refractivity (Wildman–Crippen MR) is 109 cm³/mol. The zero-order chi connectivity index (χ0) is 20.2. The Morgan fingerprint density at radius 3 is 2.41 bits per heavy atom. The Labute approximate surface area is 169 Å². The average molecular weight is 388 g/mol. The molecule has 146 valence electrons. The van der Waals surface area contributed by atoms with Crippen molar-refractivity contribution < 1.29 is 14.0 Å². The topological polar surface area (TPSA) is 49.4 Å². The lowest BCUT2D eigenvalue weighted by Crippen LogP contribution is -2.47. The summed E-state index contributed by atoms with van der Waals surface area (Å²) in [6.45, 7) is 0.514. The van der Waals surface area contributed by atoms with Gasteiger partial charge in [0.15, 0.2) is 0 Å². The number of amides is 2. The van der Waals surface area contributed by atoms with Gasteiger partial charge in [-0.05, 0) is 35.7 Å². The van der Waals surface area contributed by atoms with Crippen LogP contribution in [0.25, 0.3) is 0 Å². The standard InChI is InChI=1S/C24H21FN2O2/c25-21-13-7-5-11-19(21)16-26-23(28)22-20-12-6-4-8-17(20)14-15-27(22)24(29)18-9-2-1-3-10-18/h1-13,22H,14-16H2,(H,26,28)/t22-/m1/s1. The van der Waals surface area contributed by atoms with Crippen LogP contribution in [0, 0.1) is 5.82 Å². The van der Waals surface area contributed by atoms with E-state index in [1.165, 1.54) is 6.07 Å². The maximum absolute atomic E-state index is 13.9. The molecule has 0 bridgehead atoms. The number of halogens is 1. The summed E-state index contributed by atoms with van der Waals surface area (Å²) in [5.41, 5.74) is 2.81. The predicted octanol–water partition coefficient (Wildman–Crippen LogP) is 3.88. The van der Waals surface area contributed by atoms with E-state index in [-0.39, 0.29) is 24.2 Å². The van der Waals surface area contributed by atoms with E-state index in [0.29, 0.717) is 24.1 Å². The van der Waals surface area contributed by atoms with E-state index in [1.54, 1.807) is 47.4 Å². The fourth-order valence-corrected chi connectivity index (χ4v) is 3.74. The van der Waals surface area contributed by atoms with Crippen LogP contribution in [0.3, 0.4) is 0 Å². The Kier molecular flexibility index (Phi) is 5.38. The Hall–Kier alpha value is -3.47. The third-order valence-corrected chi connectivity index (χ3v) is 5.22. The molecule has 4 rings (SSSR count). The van der Waals surface area contributed by atoms with Crippen molar-refractivity contribution in [3.05, 3.63) is 107 Å². The van der Waals surface area contributed by atoms with Gasteiger partial charge in [-0.25, -0.2) is 4.39 Å². The summed E-state index contributed by atoms with van der Waals surface area (Å²) in [6, 6.07) is 22.2. The van der Waals surface area contributed by atoms with Gasteiger partial charge in [-0.2, -0.15) is 0 Å². The molecule has 2 amide bonds. The smallest absolute Gasteiger partial charge is 0.254 e. The second-order valence-corrected chi connectivity index (χ2v) is 7.03. The summed E-state index contributed by atoms with van der Waals surface area (Å²) in [5, 5.41) is 2.81. The van der Waals surface area contributed by atoms with Gasteiger partial charge in [0.25, 0.3) is 5.91 Å². The summed E-state index contributed by atoms with van der Waals surface area (Å²) in [4.78, 5) is 27.9.